The van der Waals surface area contributed by atoms with E-state index in [0.29, 0.717) is 29.8 Å². The fourth-order valence-electron chi connectivity index (χ4n) is 3.19. The Morgan fingerprint density at radius 2 is 1.70 bits per heavy atom. The molecule has 0 saturated heterocycles. The molecular formula is C20H27N9O. The lowest BCUT2D eigenvalue weighted by Gasteiger charge is -2.25. The fraction of sp³-hybridized carbons (Fsp3) is 0.350. The average Bonchev–Trinajstić information content (AvgIpc) is 2.73. The molecule has 0 atom stereocenters. The van der Waals surface area contributed by atoms with Gasteiger partial charge in [0, 0.05) is 17.8 Å². The van der Waals surface area contributed by atoms with Crippen molar-refractivity contribution >= 4 is 34.5 Å². The molecule has 2 aromatic heterocycles. The number of hydrogen-bond acceptors (Lipinski definition) is 9. The lowest BCUT2D eigenvalue weighted by molar-refractivity contribution is 0.100. The zero-order chi connectivity index (χ0) is 21.5. The SMILES string of the molecule is NCCCCCCN(Cc1cnc2nc(N)nc(N)c2n1)c1ccc(C(N)=O)cc1. The highest BCUT2D eigenvalue weighted by Crippen LogP contribution is 2.20. The van der Waals surface area contributed by atoms with E-state index in [2.05, 4.69) is 24.8 Å². The predicted molar refractivity (Wildman–Crippen MR) is 117 cm³/mol. The summed E-state index contributed by atoms with van der Waals surface area (Å²) in [5.41, 5.74) is 25.4. The summed E-state index contributed by atoms with van der Waals surface area (Å²) in [4.78, 5) is 30.5. The quantitative estimate of drug-likeness (QED) is 0.358. The molecule has 30 heavy (non-hydrogen) atoms. The van der Waals surface area contributed by atoms with Crippen molar-refractivity contribution < 1.29 is 4.79 Å². The van der Waals surface area contributed by atoms with Crippen LogP contribution in [-0.2, 0) is 6.54 Å². The molecule has 1 aromatic carbocycles. The van der Waals surface area contributed by atoms with E-state index < -0.39 is 5.91 Å². The number of hydrogen-bond donors (Lipinski definition) is 4. The van der Waals surface area contributed by atoms with Crippen LogP contribution in [0.5, 0.6) is 0 Å². The minimum atomic E-state index is -0.454. The highest BCUT2D eigenvalue weighted by atomic mass is 16.1. The number of benzene rings is 1. The summed E-state index contributed by atoms with van der Waals surface area (Å²) in [5, 5.41) is 0. The number of nitrogens with zero attached hydrogens (tertiary/aromatic N) is 5. The number of nitrogen functional groups attached to an aromatic ring is 2. The number of rotatable bonds is 10. The van der Waals surface area contributed by atoms with E-state index in [-0.39, 0.29) is 11.8 Å². The average molecular weight is 409 g/mol. The van der Waals surface area contributed by atoms with Crippen LogP contribution in [0, 0.1) is 0 Å². The number of amides is 1. The molecule has 158 valence electrons. The number of carbonyl (C=O) groups excluding carboxylic acids is 1. The summed E-state index contributed by atoms with van der Waals surface area (Å²) in [7, 11) is 0. The summed E-state index contributed by atoms with van der Waals surface area (Å²) < 4.78 is 0. The van der Waals surface area contributed by atoms with E-state index in [0.717, 1.165) is 43.6 Å². The largest absolute Gasteiger partial charge is 0.382 e. The van der Waals surface area contributed by atoms with E-state index in [1.807, 2.05) is 12.1 Å². The Balaban J connectivity index is 1.82. The van der Waals surface area contributed by atoms with Crippen molar-refractivity contribution in [2.45, 2.75) is 32.2 Å². The Hall–Kier alpha value is -3.53. The molecular weight excluding hydrogens is 382 g/mol. The monoisotopic (exact) mass is 409 g/mol. The molecule has 2 heterocycles. The van der Waals surface area contributed by atoms with Crippen LogP contribution in [0.4, 0.5) is 17.5 Å². The maximum absolute atomic E-state index is 11.4. The smallest absolute Gasteiger partial charge is 0.248 e. The molecule has 3 rings (SSSR count). The number of unbranched alkanes of at least 4 members (excludes halogenated alkanes) is 3. The molecule has 0 spiro atoms. The van der Waals surface area contributed by atoms with Crippen molar-refractivity contribution in [3.8, 4) is 0 Å². The van der Waals surface area contributed by atoms with Crippen molar-refractivity contribution in [2.24, 2.45) is 11.5 Å². The van der Waals surface area contributed by atoms with Gasteiger partial charge in [0.2, 0.25) is 11.9 Å². The summed E-state index contributed by atoms with van der Waals surface area (Å²) in [6.07, 6.45) is 5.85. The zero-order valence-electron chi connectivity index (χ0n) is 16.8. The first-order valence-electron chi connectivity index (χ1n) is 9.87. The van der Waals surface area contributed by atoms with Crippen LogP contribution in [0.2, 0.25) is 0 Å². The van der Waals surface area contributed by atoms with Crippen molar-refractivity contribution in [1.29, 1.82) is 0 Å². The molecule has 0 aliphatic carbocycles. The topological polar surface area (TPSA) is 176 Å². The van der Waals surface area contributed by atoms with Crippen molar-refractivity contribution in [3.63, 3.8) is 0 Å². The van der Waals surface area contributed by atoms with Gasteiger partial charge < -0.3 is 27.8 Å². The first-order chi connectivity index (χ1) is 14.5. The zero-order valence-corrected chi connectivity index (χ0v) is 16.8. The molecule has 3 aromatic rings. The summed E-state index contributed by atoms with van der Waals surface area (Å²) in [6, 6.07) is 7.21. The number of carbonyl (C=O) groups is 1. The molecule has 10 nitrogen and oxygen atoms in total. The Morgan fingerprint density at radius 3 is 2.40 bits per heavy atom. The van der Waals surface area contributed by atoms with Gasteiger partial charge in [-0.25, -0.2) is 9.97 Å². The van der Waals surface area contributed by atoms with E-state index in [4.69, 9.17) is 22.9 Å². The van der Waals surface area contributed by atoms with E-state index >= 15 is 0 Å². The minimum absolute atomic E-state index is 0.0655. The second-order valence-corrected chi connectivity index (χ2v) is 7.04. The molecule has 0 aliphatic rings. The highest BCUT2D eigenvalue weighted by molar-refractivity contribution is 5.93. The summed E-state index contributed by atoms with van der Waals surface area (Å²) >= 11 is 0. The normalized spacial score (nSPS) is 11.0. The Morgan fingerprint density at radius 1 is 0.967 bits per heavy atom. The van der Waals surface area contributed by atoms with Gasteiger partial charge in [0.05, 0.1) is 18.4 Å². The third kappa shape index (κ3) is 5.29. The van der Waals surface area contributed by atoms with Crippen LogP contribution >= 0.6 is 0 Å². The van der Waals surface area contributed by atoms with Gasteiger partial charge >= 0.3 is 0 Å². The molecule has 1 amide bonds. The third-order valence-corrected chi connectivity index (χ3v) is 4.75. The molecule has 0 radical (unpaired) electrons. The van der Waals surface area contributed by atoms with Crippen LogP contribution in [0.1, 0.15) is 41.7 Å². The van der Waals surface area contributed by atoms with E-state index in [1.54, 1.807) is 18.3 Å². The van der Waals surface area contributed by atoms with Gasteiger partial charge in [-0.05, 0) is 43.7 Å². The van der Waals surface area contributed by atoms with Crippen LogP contribution in [-0.4, -0.2) is 38.9 Å². The highest BCUT2D eigenvalue weighted by Gasteiger charge is 2.13. The second kappa shape index (κ2) is 9.79. The van der Waals surface area contributed by atoms with Gasteiger partial charge in [0.25, 0.3) is 0 Å². The second-order valence-electron chi connectivity index (χ2n) is 7.04. The van der Waals surface area contributed by atoms with Crippen LogP contribution in [0.25, 0.3) is 11.2 Å². The maximum atomic E-state index is 11.4. The predicted octanol–water partition coefficient (Wildman–Crippen LogP) is 1.21. The molecule has 0 fully saturated rings. The van der Waals surface area contributed by atoms with Gasteiger partial charge in [-0.3, -0.25) is 4.79 Å². The molecule has 8 N–H and O–H groups in total. The number of nitrogens with two attached hydrogens (primary N) is 4. The molecule has 0 aliphatic heterocycles. The number of aromatic nitrogens is 4. The first-order valence-corrected chi connectivity index (χ1v) is 9.87. The molecule has 0 unspecified atom stereocenters. The van der Waals surface area contributed by atoms with Crippen molar-refractivity contribution in [3.05, 3.63) is 41.7 Å². The van der Waals surface area contributed by atoms with Crippen LogP contribution < -0.4 is 27.8 Å². The van der Waals surface area contributed by atoms with Crippen LogP contribution in [0.15, 0.2) is 30.5 Å². The standard InChI is InChI=1S/C20H27N9O/c21-9-3-1-2-4-10-29(15-7-5-13(6-8-15)18(23)30)12-14-11-25-19-16(26-14)17(22)27-20(24)28-19/h5-8,11H,1-4,9-10,12,21H2,(H2,23,30)(H4,22,24,25,27,28). The summed E-state index contributed by atoms with van der Waals surface area (Å²) in [6.45, 7) is 2.03. The number of anilines is 3. The van der Waals surface area contributed by atoms with Crippen molar-refractivity contribution in [2.75, 3.05) is 29.5 Å². The van der Waals surface area contributed by atoms with Crippen molar-refractivity contribution in [1.82, 2.24) is 19.9 Å². The fourth-order valence-corrected chi connectivity index (χ4v) is 3.19. The maximum Gasteiger partial charge on any atom is 0.248 e. The van der Waals surface area contributed by atoms with E-state index in [9.17, 15) is 4.79 Å². The van der Waals surface area contributed by atoms with Crippen LogP contribution in [0.3, 0.4) is 0 Å². The number of primary amides is 1. The Kier molecular flexibility index (Phi) is 6.91. The van der Waals surface area contributed by atoms with Gasteiger partial charge in [0.1, 0.15) is 0 Å². The minimum Gasteiger partial charge on any atom is -0.382 e. The third-order valence-electron chi connectivity index (χ3n) is 4.75. The van der Waals surface area contributed by atoms with Gasteiger partial charge in [0.15, 0.2) is 17.0 Å². The van der Waals surface area contributed by atoms with E-state index in [1.165, 1.54) is 0 Å². The molecule has 0 saturated carbocycles. The molecule has 0 bridgehead atoms. The lowest BCUT2D eigenvalue weighted by atomic mass is 10.1. The van der Waals surface area contributed by atoms with Gasteiger partial charge in [-0.2, -0.15) is 9.97 Å². The van der Waals surface area contributed by atoms with Gasteiger partial charge in [-0.1, -0.05) is 12.8 Å². The first kappa shape index (κ1) is 21.2. The Bertz CT molecular complexity index is 1010. The lowest BCUT2D eigenvalue weighted by Crippen LogP contribution is -2.25. The summed E-state index contributed by atoms with van der Waals surface area (Å²) in [5.74, 6) is -0.188. The molecule has 10 heteroatoms. The number of fused-ring (bicyclic) bond motifs is 1. The van der Waals surface area contributed by atoms with Gasteiger partial charge in [-0.15, -0.1) is 0 Å². The Labute approximate surface area is 174 Å².